The van der Waals surface area contributed by atoms with Gasteiger partial charge in [0, 0.05) is 0 Å². The number of benzene rings is 1. The van der Waals surface area contributed by atoms with Gasteiger partial charge in [0.2, 0.25) is 0 Å². The number of nitrogens with one attached hydrogen (secondary N) is 2. The van der Waals surface area contributed by atoms with Gasteiger partial charge in [0.15, 0.2) is 6.61 Å². The van der Waals surface area contributed by atoms with Crippen LogP contribution >= 0.6 is 0 Å². The van der Waals surface area contributed by atoms with Crippen molar-refractivity contribution in [3.63, 3.8) is 0 Å². The van der Waals surface area contributed by atoms with E-state index in [-0.39, 0.29) is 19.6 Å². The molecule has 2 aromatic rings. The minimum absolute atomic E-state index is 0.00809. The number of ether oxygens (including phenoxy) is 2. The predicted octanol–water partition coefficient (Wildman–Crippen LogP) is 1.93. The number of aryl methyl sites for hydroxylation is 1. The molecule has 8 nitrogen and oxygen atoms in total. The Morgan fingerprint density at radius 2 is 1.88 bits per heavy atom. The summed E-state index contributed by atoms with van der Waals surface area (Å²) in [6.45, 7) is 1.69. The molecule has 0 aliphatic carbocycles. The summed E-state index contributed by atoms with van der Waals surface area (Å²) in [5, 5.41) is 4.48. The number of carbonyl (C=O) groups excluding carboxylic acids is 3. The van der Waals surface area contributed by atoms with Crippen molar-refractivity contribution in [1.82, 2.24) is 10.6 Å². The fourth-order valence-corrected chi connectivity index (χ4v) is 1.89. The molecule has 0 spiro atoms. The Kier molecular flexibility index (Phi) is 7.23. The molecule has 3 amide bonds. The van der Waals surface area contributed by atoms with Gasteiger partial charge in [0.25, 0.3) is 5.91 Å². The van der Waals surface area contributed by atoms with Crippen molar-refractivity contribution in [3.05, 3.63) is 54.0 Å². The van der Waals surface area contributed by atoms with E-state index in [1.807, 2.05) is 24.4 Å². The highest BCUT2D eigenvalue weighted by molar-refractivity contribution is 5.95. The second kappa shape index (κ2) is 9.87. The van der Waals surface area contributed by atoms with E-state index in [1.54, 1.807) is 24.3 Å². The van der Waals surface area contributed by atoms with Gasteiger partial charge in [-0.05, 0) is 31.2 Å². The molecule has 0 saturated carbocycles. The van der Waals surface area contributed by atoms with Gasteiger partial charge in [-0.2, -0.15) is 0 Å². The molecule has 2 rings (SSSR count). The van der Waals surface area contributed by atoms with E-state index < -0.39 is 24.5 Å². The van der Waals surface area contributed by atoms with Crippen molar-refractivity contribution in [3.8, 4) is 5.75 Å². The summed E-state index contributed by atoms with van der Waals surface area (Å²) in [7, 11) is 0. The van der Waals surface area contributed by atoms with Gasteiger partial charge in [-0.1, -0.05) is 17.7 Å². The molecule has 0 aliphatic rings. The number of rotatable bonds is 8. The summed E-state index contributed by atoms with van der Waals surface area (Å²) >= 11 is 0. The minimum Gasteiger partial charge on any atom is -0.493 e. The highest BCUT2D eigenvalue weighted by Crippen LogP contribution is 2.11. The smallest absolute Gasteiger partial charge is 0.321 e. The lowest BCUT2D eigenvalue weighted by Gasteiger charge is -2.08. The van der Waals surface area contributed by atoms with Crippen LogP contribution in [0.4, 0.5) is 4.79 Å². The molecule has 0 unspecified atom stereocenters. The van der Waals surface area contributed by atoms with Crippen LogP contribution in [0.5, 0.6) is 5.75 Å². The van der Waals surface area contributed by atoms with Crippen molar-refractivity contribution in [1.29, 1.82) is 0 Å². The number of esters is 1. The molecule has 0 radical (unpaired) electrons. The highest BCUT2D eigenvalue weighted by Gasteiger charge is 2.11. The number of hydrogen-bond donors (Lipinski definition) is 2. The third-order valence-electron chi connectivity index (χ3n) is 3.22. The van der Waals surface area contributed by atoms with E-state index in [1.165, 1.54) is 6.26 Å². The lowest BCUT2D eigenvalue weighted by atomic mass is 10.2. The van der Waals surface area contributed by atoms with Crippen LogP contribution in [-0.4, -0.2) is 31.1 Å². The van der Waals surface area contributed by atoms with Crippen LogP contribution in [0.2, 0.25) is 0 Å². The van der Waals surface area contributed by atoms with Crippen molar-refractivity contribution in [2.75, 3.05) is 13.2 Å². The number of imide groups is 1. The average Bonchev–Trinajstić information content (AvgIpc) is 3.13. The summed E-state index contributed by atoms with van der Waals surface area (Å²) in [5.41, 5.74) is 1.11. The van der Waals surface area contributed by atoms with E-state index in [0.29, 0.717) is 11.5 Å². The molecule has 1 heterocycles. The molecule has 2 N–H and O–H groups in total. The molecule has 1 aromatic heterocycles. The first-order valence-electron chi connectivity index (χ1n) is 7.98. The quantitative estimate of drug-likeness (QED) is 0.697. The molecule has 0 atom stereocenters. The number of furan rings is 1. The summed E-state index contributed by atoms with van der Waals surface area (Å²) < 4.78 is 15.2. The van der Waals surface area contributed by atoms with Gasteiger partial charge in [0.1, 0.15) is 11.5 Å². The lowest BCUT2D eigenvalue weighted by Crippen LogP contribution is -2.41. The van der Waals surface area contributed by atoms with Gasteiger partial charge >= 0.3 is 12.0 Å². The van der Waals surface area contributed by atoms with E-state index >= 15 is 0 Å². The Hall–Kier alpha value is -3.29. The monoisotopic (exact) mass is 360 g/mol. The second-order valence-corrected chi connectivity index (χ2v) is 5.38. The summed E-state index contributed by atoms with van der Waals surface area (Å²) in [5.74, 6) is -0.125. The maximum atomic E-state index is 11.6. The van der Waals surface area contributed by atoms with Crippen LogP contribution in [0.1, 0.15) is 17.7 Å². The highest BCUT2D eigenvalue weighted by atomic mass is 16.5. The second-order valence-electron chi connectivity index (χ2n) is 5.38. The first-order chi connectivity index (χ1) is 12.5. The van der Waals surface area contributed by atoms with Crippen molar-refractivity contribution in [2.45, 2.75) is 19.9 Å². The Bertz CT molecular complexity index is 725. The first kappa shape index (κ1) is 19.0. The van der Waals surface area contributed by atoms with Crippen molar-refractivity contribution >= 4 is 17.9 Å². The number of amides is 3. The molecule has 0 saturated heterocycles. The normalized spacial score (nSPS) is 10.0. The maximum Gasteiger partial charge on any atom is 0.321 e. The van der Waals surface area contributed by atoms with Crippen LogP contribution in [0.15, 0.2) is 47.1 Å². The zero-order chi connectivity index (χ0) is 18.8. The lowest BCUT2D eigenvalue weighted by molar-refractivity contribution is -0.148. The first-order valence-corrected chi connectivity index (χ1v) is 7.98. The zero-order valence-electron chi connectivity index (χ0n) is 14.3. The number of carbonyl (C=O) groups is 3. The minimum atomic E-state index is -0.727. The van der Waals surface area contributed by atoms with Crippen LogP contribution in [0, 0.1) is 6.92 Å². The van der Waals surface area contributed by atoms with Crippen molar-refractivity contribution < 1.29 is 28.3 Å². The van der Waals surface area contributed by atoms with Gasteiger partial charge in [-0.25, -0.2) is 4.79 Å². The maximum absolute atomic E-state index is 11.6. The van der Waals surface area contributed by atoms with Crippen LogP contribution < -0.4 is 15.4 Å². The SMILES string of the molecule is Cc1ccc(OCCC(=O)OCC(=O)NC(=O)NCc2ccco2)cc1. The fourth-order valence-electron chi connectivity index (χ4n) is 1.89. The fraction of sp³-hybridized carbons (Fsp3) is 0.278. The van der Waals surface area contributed by atoms with Gasteiger partial charge < -0.3 is 19.2 Å². The summed E-state index contributed by atoms with van der Waals surface area (Å²) in [6.07, 6.45) is 1.47. The topological polar surface area (TPSA) is 107 Å². The number of urea groups is 1. The molecule has 26 heavy (non-hydrogen) atoms. The predicted molar refractivity (Wildman–Crippen MR) is 91.3 cm³/mol. The third-order valence-corrected chi connectivity index (χ3v) is 3.22. The van der Waals surface area contributed by atoms with Gasteiger partial charge in [-0.3, -0.25) is 14.9 Å². The summed E-state index contributed by atoms with van der Waals surface area (Å²) in [6, 6.07) is 10.1. The Balaban J connectivity index is 1.56. The van der Waals surface area contributed by atoms with E-state index in [9.17, 15) is 14.4 Å². The van der Waals surface area contributed by atoms with E-state index in [2.05, 4.69) is 5.32 Å². The molecular weight excluding hydrogens is 340 g/mol. The Morgan fingerprint density at radius 3 is 2.58 bits per heavy atom. The Morgan fingerprint density at radius 1 is 1.12 bits per heavy atom. The van der Waals surface area contributed by atoms with Crippen LogP contribution in [0.25, 0.3) is 0 Å². The molecule has 8 heteroatoms. The molecule has 0 fully saturated rings. The van der Waals surface area contributed by atoms with Crippen LogP contribution in [0.3, 0.4) is 0 Å². The molecular formula is C18H20N2O6. The standard InChI is InChI=1S/C18H20N2O6/c1-13-4-6-14(7-5-13)25-10-8-17(22)26-12-16(21)20-18(23)19-11-15-3-2-9-24-15/h2-7,9H,8,10-12H2,1H3,(H2,19,20,21,23). The third kappa shape index (κ3) is 7.08. The largest absolute Gasteiger partial charge is 0.493 e. The summed E-state index contributed by atoms with van der Waals surface area (Å²) in [4.78, 5) is 34.6. The molecule has 0 bridgehead atoms. The van der Waals surface area contributed by atoms with Gasteiger partial charge in [-0.15, -0.1) is 0 Å². The van der Waals surface area contributed by atoms with Crippen molar-refractivity contribution in [2.24, 2.45) is 0 Å². The molecule has 0 aliphatic heterocycles. The van der Waals surface area contributed by atoms with E-state index in [4.69, 9.17) is 13.9 Å². The zero-order valence-corrected chi connectivity index (χ0v) is 14.3. The average molecular weight is 360 g/mol. The Labute approximate surface area is 150 Å². The molecule has 1 aromatic carbocycles. The molecule has 138 valence electrons. The van der Waals surface area contributed by atoms with Gasteiger partial charge in [0.05, 0.1) is 25.8 Å². The van der Waals surface area contributed by atoms with E-state index in [0.717, 1.165) is 5.56 Å². The number of hydrogen-bond acceptors (Lipinski definition) is 6. The van der Waals surface area contributed by atoms with Crippen LogP contribution in [-0.2, 0) is 20.9 Å².